The van der Waals surface area contributed by atoms with Crippen LogP contribution in [0.3, 0.4) is 0 Å². The van der Waals surface area contributed by atoms with Crippen LogP contribution in [0.5, 0.6) is 11.5 Å². The van der Waals surface area contributed by atoms with E-state index in [2.05, 4.69) is 22.1 Å². The van der Waals surface area contributed by atoms with Gasteiger partial charge in [0, 0.05) is 29.6 Å². The van der Waals surface area contributed by atoms with Gasteiger partial charge in [-0.15, -0.1) is 0 Å². The molecule has 160 valence electrons. The maximum absolute atomic E-state index is 13.2. The zero-order chi connectivity index (χ0) is 21.4. The van der Waals surface area contributed by atoms with E-state index >= 15 is 0 Å². The lowest BCUT2D eigenvalue weighted by Gasteiger charge is -2.10. The second-order valence-electron chi connectivity index (χ2n) is 7.74. The molecule has 1 N–H and O–H groups in total. The molecule has 2 aromatic carbocycles. The standard InChI is InChI=1S/C24H25FN4O2/c1-30-21-11-6-16(13-22(21)31-2)20-15-29-24-19(20)5-3-4-12-28(24)23(27-29)14-26-18-9-7-17(25)8-10-18/h6-11,13,15,26H,3-5,12,14H2,1-2H3. The fraction of sp³-hybridized carbons (Fsp3) is 0.292. The number of ether oxygens (including phenoxy) is 2. The Morgan fingerprint density at radius 2 is 1.84 bits per heavy atom. The molecule has 6 nitrogen and oxygen atoms in total. The van der Waals surface area contributed by atoms with E-state index in [9.17, 15) is 4.39 Å². The van der Waals surface area contributed by atoms with Crippen molar-refractivity contribution >= 4 is 11.3 Å². The molecule has 0 aliphatic carbocycles. The smallest absolute Gasteiger partial charge is 0.161 e. The summed E-state index contributed by atoms with van der Waals surface area (Å²) < 4.78 is 28.4. The highest BCUT2D eigenvalue weighted by molar-refractivity contribution is 5.77. The van der Waals surface area contributed by atoms with Crippen LogP contribution in [0.2, 0.25) is 0 Å². The number of hydrogen-bond donors (Lipinski definition) is 1. The number of rotatable bonds is 6. The van der Waals surface area contributed by atoms with Gasteiger partial charge in [-0.3, -0.25) is 0 Å². The Bertz CT molecular complexity index is 1230. The summed E-state index contributed by atoms with van der Waals surface area (Å²) in [6.45, 7) is 1.52. The molecule has 0 saturated carbocycles. The molecule has 31 heavy (non-hydrogen) atoms. The van der Waals surface area contributed by atoms with Crippen molar-refractivity contribution in [1.82, 2.24) is 14.2 Å². The minimum absolute atomic E-state index is 0.237. The summed E-state index contributed by atoms with van der Waals surface area (Å²) in [4.78, 5) is 0. The largest absolute Gasteiger partial charge is 0.493 e. The van der Waals surface area contributed by atoms with Gasteiger partial charge in [0.1, 0.15) is 11.5 Å². The topological polar surface area (TPSA) is 52.7 Å². The van der Waals surface area contributed by atoms with E-state index in [1.54, 1.807) is 26.4 Å². The highest BCUT2D eigenvalue weighted by Gasteiger charge is 2.22. The van der Waals surface area contributed by atoms with Crippen molar-refractivity contribution < 1.29 is 13.9 Å². The third kappa shape index (κ3) is 3.50. The van der Waals surface area contributed by atoms with Gasteiger partial charge in [-0.25, -0.2) is 8.91 Å². The van der Waals surface area contributed by atoms with E-state index in [1.165, 1.54) is 23.3 Å². The van der Waals surface area contributed by atoms with Crippen LogP contribution >= 0.6 is 0 Å². The van der Waals surface area contributed by atoms with Crippen molar-refractivity contribution in [3.63, 3.8) is 0 Å². The molecular weight excluding hydrogens is 395 g/mol. The number of hydrogen-bond acceptors (Lipinski definition) is 4. The van der Waals surface area contributed by atoms with Crippen molar-refractivity contribution in [2.45, 2.75) is 32.4 Å². The lowest BCUT2D eigenvalue weighted by Crippen LogP contribution is -2.09. The summed E-state index contributed by atoms with van der Waals surface area (Å²) in [6, 6.07) is 12.4. The molecule has 7 heteroatoms. The first-order valence-electron chi connectivity index (χ1n) is 10.5. The molecule has 5 rings (SSSR count). The molecule has 0 spiro atoms. The summed E-state index contributed by atoms with van der Waals surface area (Å²) in [5, 5.41) is 8.23. The van der Waals surface area contributed by atoms with Crippen molar-refractivity contribution in [2.75, 3.05) is 19.5 Å². The zero-order valence-corrected chi connectivity index (χ0v) is 17.7. The quantitative estimate of drug-likeness (QED) is 0.482. The summed E-state index contributed by atoms with van der Waals surface area (Å²) in [6.07, 6.45) is 5.36. The Morgan fingerprint density at radius 3 is 2.61 bits per heavy atom. The number of nitrogens with zero attached hydrogens (tertiary/aromatic N) is 3. The van der Waals surface area contributed by atoms with Gasteiger partial charge in [0.05, 0.1) is 20.8 Å². The fourth-order valence-corrected chi connectivity index (χ4v) is 4.37. The second kappa shape index (κ2) is 7.98. The minimum Gasteiger partial charge on any atom is -0.493 e. The summed E-state index contributed by atoms with van der Waals surface area (Å²) in [5.41, 5.74) is 5.61. The normalized spacial score (nSPS) is 13.3. The van der Waals surface area contributed by atoms with Gasteiger partial charge >= 0.3 is 0 Å². The van der Waals surface area contributed by atoms with Gasteiger partial charge in [-0.2, -0.15) is 5.10 Å². The van der Waals surface area contributed by atoms with Gasteiger partial charge < -0.3 is 19.4 Å². The molecule has 0 amide bonds. The van der Waals surface area contributed by atoms with E-state index in [0.717, 1.165) is 60.0 Å². The fourth-order valence-electron chi connectivity index (χ4n) is 4.37. The van der Waals surface area contributed by atoms with Crippen LogP contribution in [0, 0.1) is 5.82 Å². The van der Waals surface area contributed by atoms with E-state index in [1.807, 2.05) is 16.6 Å². The molecule has 3 heterocycles. The van der Waals surface area contributed by atoms with Gasteiger partial charge in [0.25, 0.3) is 0 Å². The van der Waals surface area contributed by atoms with Crippen molar-refractivity contribution in [3.05, 3.63) is 65.9 Å². The van der Waals surface area contributed by atoms with Crippen molar-refractivity contribution in [2.24, 2.45) is 0 Å². The van der Waals surface area contributed by atoms with Crippen LogP contribution < -0.4 is 14.8 Å². The number of halogens is 1. The monoisotopic (exact) mass is 420 g/mol. The summed E-state index contributed by atoms with van der Waals surface area (Å²) >= 11 is 0. The Morgan fingerprint density at radius 1 is 1.03 bits per heavy atom. The predicted molar refractivity (Wildman–Crippen MR) is 118 cm³/mol. The van der Waals surface area contributed by atoms with Crippen LogP contribution in [-0.4, -0.2) is 28.4 Å². The first-order valence-corrected chi connectivity index (χ1v) is 10.5. The maximum Gasteiger partial charge on any atom is 0.161 e. The molecule has 0 saturated heterocycles. The number of nitrogens with one attached hydrogen (secondary N) is 1. The SMILES string of the molecule is COc1ccc(-c2cn3nc(CNc4ccc(F)cc4)n4c3c2CCCC4)cc1OC. The van der Waals surface area contributed by atoms with E-state index < -0.39 is 0 Å². The number of anilines is 1. The van der Waals surface area contributed by atoms with Crippen LogP contribution in [0.25, 0.3) is 16.8 Å². The first-order chi connectivity index (χ1) is 15.2. The Hall–Kier alpha value is -3.48. The van der Waals surface area contributed by atoms with Gasteiger partial charge in [0.2, 0.25) is 0 Å². The maximum atomic E-state index is 13.2. The number of benzene rings is 2. The Balaban J connectivity index is 1.52. The molecule has 0 bridgehead atoms. The van der Waals surface area contributed by atoms with E-state index in [-0.39, 0.29) is 5.82 Å². The van der Waals surface area contributed by atoms with Crippen LogP contribution in [0.15, 0.2) is 48.7 Å². The minimum atomic E-state index is -0.237. The number of methoxy groups -OCH3 is 2. The highest BCUT2D eigenvalue weighted by Crippen LogP contribution is 2.37. The molecule has 0 unspecified atom stereocenters. The van der Waals surface area contributed by atoms with E-state index in [4.69, 9.17) is 14.6 Å². The number of aryl methyl sites for hydroxylation is 2. The average Bonchev–Trinajstić information content (AvgIpc) is 3.21. The third-order valence-corrected chi connectivity index (χ3v) is 5.90. The van der Waals surface area contributed by atoms with Crippen LogP contribution in [0.1, 0.15) is 24.2 Å². The summed E-state index contributed by atoms with van der Waals surface area (Å²) in [5.74, 6) is 2.18. The Labute approximate surface area is 180 Å². The van der Waals surface area contributed by atoms with Gasteiger partial charge in [0.15, 0.2) is 17.3 Å². The molecule has 0 fully saturated rings. The van der Waals surface area contributed by atoms with Crippen molar-refractivity contribution in [1.29, 1.82) is 0 Å². The van der Waals surface area contributed by atoms with Gasteiger partial charge in [-0.1, -0.05) is 6.07 Å². The van der Waals surface area contributed by atoms with E-state index in [0.29, 0.717) is 6.54 Å². The molecule has 4 aromatic rings. The molecular formula is C24H25FN4O2. The molecule has 0 atom stereocenters. The van der Waals surface area contributed by atoms with Crippen molar-refractivity contribution in [3.8, 4) is 22.6 Å². The van der Waals surface area contributed by atoms with Crippen LogP contribution in [0.4, 0.5) is 10.1 Å². The molecule has 1 aliphatic heterocycles. The average molecular weight is 420 g/mol. The van der Waals surface area contributed by atoms with Crippen LogP contribution in [-0.2, 0) is 19.5 Å². The third-order valence-electron chi connectivity index (χ3n) is 5.90. The number of aromatic nitrogens is 3. The zero-order valence-electron chi connectivity index (χ0n) is 17.7. The van der Waals surface area contributed by atoms with Gasteiger partial charge in [-0.05, 0) is 61.2 Å². The Kier molecular flexibility index (Phi) is 5.02. The molecule has 2 aromatic heterocycles. The molecule has 1 aliphatic rings. The summed E-state index contributed by atoms with van der Waals surface area (Å²) in [7, 11) is 3.30. The lowest BCUT2D eigenvalue weighted by atomic mass is 10.0. The first kappa shape index (κ1) is 19.5. The second-order valence-corrected chi connectivity index (χ2v) is 7.74. The molecule has 0 radical (unpaired) electrons. The predicted octanol–water partition coefficient (Wildman–Crippen LogP) is 4.91. The lowest BCUT2D eigenvalue weighted by molar-refractivity contribution is 0.355. The highest BCUT2D eigenvalue weighted by atomic mass is 19.1.